The summed E-state index contributed by atoms with van der Waals surface area (Å²) in [4.78, 5) is 10.9. The number of nitrogens with two attached hydrogens (primary N) is 1. The zero-order valence-corrected chi connectivity index (χ0v) is 8.15. The summed E-state index contributed by atoms with van der Waals surface area (Å²) in [6.07, 6.45) is 3.23. The molecule has 5 heteroatoms. The van der Waals surface area contributed by atoms with Crippen molar-refractivity contribution >= 4 is 27.4 Å². The number of nitrogens with zero attached hydrogens (tertiary/aromatic N) is 2. The lowest BCUT2D eigenvalue weighted by molar-refractivity contribution is 0.100. The molecule has 0 radical (unpaired) electrons. The molecule has 2 aromatic heterocycles. The monoisotopic (exact) mass is 239 g/mol. The first-order valence-electron chi connectivity index (χ1n) is 3.61. The van der Waals surface area contributed by atoms with Gasteiger partial charge in [0, 0.05) is 10.7 Å². The summed E-state index contributed by atoms with van der Waals surface area (Å²) in [5, 5.41) is 3.99. The maximum Gasteiger partial charge on any atom is 0.252 e. The largest absolute Gasteiger partial charge is 0.365 e. The van der Waals surface area contributed by atoms with Crippen LogP contribution in [-0.4, -0.2) is 15.5 Å². The van der Waals surface area contributed by atoms with Crippen molar-refractivity contribution in [3.05, 3.63) is 34.6 Å². The van der Waals surface area contributed by atoms with Crippen molar-refractivity contribution in [2.24, 2.45) is 5.73 Å². The van der Waals surface area contributed by atoms with Gasteiger partial charge in [0.25, 0.3) is 5.91 Å². The van der Waals surface area contributed by atoms with E-state index in [1.165, 1.54) is 6.20 Å². The molecule has 0 saturated carbocycles. The molecule has 2 heterocycles. The lowest BCUT2D eigenvalue weighted by Crippen LogP contribution is -2.10. The van der Waals surface area contributed by atoms with E-state index in [1.54, 1.807) is 16.8 Å². The number of pyridine rings is 1. The number of carbonyl (C=O) groups excluding carboxylic acids is 1. The number of halogens is 1. The molecule has 0 aromatic carbocycles. The highest BCUT2D eigenvalue weighted by molar-refractivity contribution is 9.10. The molecule has 0 bridgehead atoms. The molecule has 0 aliphatic carbocycles. The predicted molar refractivity (Wildman–Crippen MR) is 51.4 cm³/mol. The summed E-state index contributed by atoms with van der Waals surface area (Å²) in [5.74, 6) is -0.461. The van der Waals surface area contributed by atoms with E-state index in [4.69, 9.17) is 5.73 Å². The van der Waals surface area contributed by atoms with Crippen molar-refractivity contribution in [2.75, 3.05) is 0 Å². The standard InChI is InChI=1S/C8H6BrN3O/c9-5-1-2-7-6(8(10)13)3-11-12(7)4-5/h1-4H,(H2,10,13). The molecule has 0 unspecified atom stereocenters. The molecule has 2 rings (SSSR count). The Morgan fingerprint density at radius 1 is 1.54 bits per heavy atom. The molecule has 0 spiro atoms. The van der Waals surface area contributed by atoms with Gasteiger partial charge in [-0.1, -0.05) is 0 Å². The first kappa shape index (κ1) is 8.25. The van der Waals surface area contributed by atoms with Crippen LogP contribution in [0.2, 0.25) is 0 Å². The second-order valence-electron chi connectivity index (χ2n) is 2.60. The Kier molecular flexibility index (Phi) is 1.81. The van der Waals surface area contributed by atoms with Crippen LogP contribution < -0.4 is 5.73 Å². The molecule has 0 atom stereocenters. The lowest BCUT2D eigenvalue weighted by atomic mass is 10.2. The molecule has 2 aromatic rings. The Hall–Kier alpha value is -1.36. The van der Waals surface area contributed by atoms with Crippen molar-refractivity contribution in [1.82, 2.24) is 9.61 Å². The molecule has 2 N–H and O–H groups in total. The average Bonchev–Trinajstić information content (AvgIpc) is 2.46. The van der Waals surface area contributed by atoms with Crippen molar-refractivity contribution in [3.63, 3.8) is 0 Å². The second-order valence-corrected chi connectivity index (χ2v) is 3.52. The number of rotatable bonds is 1. The highest BCUT2D eigenvalue weighted by Crippen LogP contribution is 2.14. The fourth-order valence-electron chi connectivity index (χ4n) is 1.15. The van der Waals surface area contributed by atoms with Gasteiger partial charge in [-0.15, -0.1) is 0 Å². The summed E-state index contributed by atoms with van der Waals surface area (Å²) < 4.78 is 2.50. The maximum absolute atomic E-state index is 10.9. The van der Waals surface area contributed by atoms with Crippen LogP contribution in [0.4, 0.5) is 0 Å². The van der Waals surface area contributed by atoms with Crippen molar-refractivity contribution in [1.29, 1.82) is 0 Å². The summed E-state index contributed by atoms with van der Waals surface area (Å²) in [7, 11) is 0. The van der Waals surface area contributed by atoms with Crippen LogP contribution in [0.3, 0.4) is 0 Å². The third kappa shape index (κ3) is 1.31. The van der Waals surface area contributed by atoms with E-state index in [0.717, 1.165) is 9.99 Å². The van der Waals surface area contributed by atoms with E-state index in [0.29, 0.717) is 5.56 Å². The summed E-state index contributed by atoms with van der Waals surface area (Å²) >= 11 is 3.30. The van der Waals surface area contributed by atoms with E-state index in [1.807, 2.05) is 6.07 Å². The molecule has 0 saturated heterocycles. The van der Waals surface area contributed by atoms with Crippen LogP contribution in [0, 0.1) is 0 Å². The lowest BCUT2D eigenvalue weighted by Gasteiger charge is -1.94. The summed E-state index contributed by atoms with van der Waals surface area (Å²) in [6.45, 7) is 0. The van der Waals surface area contributed by atoms with Gasteiger partial charge in [-0.2, -0.15) is 5.10 Å². The molecular weight excluding hydrogens is 234 g/mol. The van der Waals surface area contributed by atoms with Crippen molar-refractivity contribution in [2.45, 2.75) is 0 Å². The smallest absolute Gasteiger partial charge is 0.252 e. The predicted octanol–water partition coefficient (Wildman–Crippen LogP) is 1.20. The third-order valence-corrected chi connectivity index (χ3v) is 2.21. The van der Waals surface area contributed by atoms with Gasteiger partial charge < -0.3 is 5.73 Å². The van der Waals surface area contributed by atoms with E-state index >= 15 is 0 Å². The van der Waals surface area contributed by atoms with Crippen LogP contribution >= 0.6 is 15.9 Å². The molecule has 13 heavy (non-hydrogen) atoms. The summed E-state index contributed by atoms with van der Waals surface area (Å²) in [5.41, 5.74) is 6.31. The first-order valence-corrected chi connectivity index (χ1v) is 4.40. The zero-order chi connectivity index (χ0) is 9.42. The quantitative estimate of drug-likeness (QED) is 0.813. The van der Waals surface area contributed by atoms with E-state index in [-0.39, 0.29) is 0 Å². The van der Waals surface area contributed by atoms with Crippen molar-refractivity contribution in [3.8, 4) is 0 Å². The van der Waals surface area contributed by atoms with Gasteiger partial charge in [0.15, 0.2) is 0 Å². The van der Waals surface area contributed by atoms with Crippen molar-refractivity contribution < 1.29 is 4.79 Å². The Labute approximate surface area is 82.5 Å². The number of aromatic nitrogens is 2. The van der Waals surface area contributed by atoms with Crippen LogP contribution in [0.5, 0.6) is 0 Å². The van der Waals surface area contributed by atoms with Gasteiger partial charge in [0.05, 0.1) is 17.3 Å². The topological polar surface area (TPSA) is 60.4 Å². The fraction of sp³-hybridized carbons (Fsp3) is 0. The van der Waals surface area contributed by atoms with Gasteiger partial charge in [-0.05, 0) is 28.1 Å². The van der Waals surface area contributed by atoms with Gasteiger partial charge in [-0.25, -0.2) is 4.52 Å². The average molecular weight is 240 g/mol. The molecular formula is C8H6BrN3O. The third-order valence-electron chi connectivity index (χ3n) is 1.75. The van der Waals surface area contributed by atoms with Gasteiger partial charge in [0.1, 0.15) is 0 Å². The summed E-state index contributed by atoms with van der Waals surface area (Å²) in [6, 6.07) is 3.63. The van der Waals surface area contributed by atoms with Crippen LogP contribution in [-0.2, 0) is 0 Å². The maximum atomic E-state index is 10.9. The first-order chi connectivity index (χ1) is 6.18. The number of fused-ring (bicyclic) bond motifs is 1. The minimum absolute atomic E-state index is 0.438. The van der Waals surface area contributed by atoms with Crippen LogP contribution in [0.25, 0.3) is 5.52 Å². The number of primary amides is 1. The Bertz CT molecular complexity index is 477. The van der Waals surface area contributed by atoms with E-state index < -0.39 is 5.91 Å². The van der Waals surface area contributed by atoms with Gasteiger partial charge in [-0.3, -0.25) is 4.79 Å². The Morgan fingerprint density at radius 2 is 2.31 bits per heavy atom. The minimum atomic E-state index is -0.461. The zero-order valence-electron chi connectivity index (χ0n) is 6.57. The normalized spacial score (nSPS) is 10.5. The van der Waals surface area contributed by atoms with Crippen LogP contribution in [0.15, 0.2) is 29.0 Å². The minimum Gasteiger partial charge on any atom is -0.365 e. The van der Waals surface area contributed by atoms with Crippen LogP contribution in [0.1, 0.15) is 10.4 Å². The number of hydrogen-bond acceptors (Lipinski definition) is 2. The number of hydrogen-bond donors (Lipinski definition) is 1. The van der Waals surface area contributed by atoms with E-state index in [9.17, 15) is 4.79 Å². The highest BCUT2D eigenvalue weighted by Gasteiger charge is 2.08. The number of carbonyl (C=O) groups is 1. The SMILES string of the molecule is NC(=O)c1cnn2cc(Br)ccc12. The van der Waals surface area contributed by atoms with Gasteiger partial charge >= 0.3 is 0 Å². The fourth-order valence-corrected chi connectivity index (χ4v) is 1.48. The molecule has 4 nitrogen and oxygen atoms in total. The molecule has 0 fully saturated rings. The van der Waals surface area contributed by atoms with Gasteiger partial charge in [0.2, 0.25) is 0 Å². The molecule has 0 aliphatic heterocycles. The molecule has 0 aliphatic rings. The molecule has 1 amide bonds. The Balaban J connectivity index is 2.76. The van der Waals surface area contributed by atoms with E-state index in [2.05, 4.69) is 21.0 Å². The number of amides is 1. The Morgan fingerprint density at radius 3 is 3.00 bits per heavy atom. The highest BCUT2D eigenvalue weighted by atomic mass is 79.9. The second kappa shape index (κ2) is 2.85. The molecule has 66 valence electrons.